The summed E-state index contributed by atoms with van der Waals surface area (Å²) in [5.74, 6) is 1.15. The Morgan fingerprint density at radius 1 is 1.12 bits per heavy atom. The van der Waals surface area contributed by atoms with Crippen LogP contribution in [0.4, 0.5) is 0 Å². The first-order chi connectivity index (χ1) is 11.2. The topological polar surface area (TPSA) is 41.1 Å². The molecule has 1 saturated heterocycles. The van der Waals surface area contributed by atoms with Gasteiger partial charge in [-0.2, -0.15) is 0 Å². The predicted octanol–water partition coefficient (Wildman–Crippen LogP) is 3.89. The van der Waals surface area contributed by atoms with Crippen LogP contribution in [0.3, 0.4) is 0 Å². The normalized spacial score (nSPS) is 26.2. The Morgan fingerprint density at radius 3 is 2.38 bits per heavy atom. The van der Waals surface area contributed by atoms with Crippen molar-refractivity contribution < 1.29 is 4.79 Å². The highest BCUT2D eigenvalue weighted by atomic mass is 35.5. The number of rotatable bonds is 4. The first-order valence-corrected chi connectivity index (χ1v) is 9.20. The Bertz CT molecular complexity index is 506. The van der Waals surface area contributed by atoms with Crippen molar-refractivity contribution in [1.82, 2.24) is 10.6 Å². The van der Waals surface area contributed by atoms with Crippen LogP contribution in [0, 0.1) is 11.3 Å². The number of halogens is 1. The molecule has 1 amide bonds. The molecule has 2 N–H and O–H groups in total. The quantitative estimate of drug-likeness (QED) is 0.865. The summed E-state index contributed by atoms with van der Waals surface area (Å²) < 4.78 is 0. The van der Waals surface area contributed by atoms with Gasteiger partial charge in [0.05, 0.1) is 0 Å². The lowest BCUT2D eigenvalue weighted by atomic mass is 9.78. The lowest BCUT2D eigenvalue weighted by Gasteiger charge is -2.35. The van der Waals surface area contributed by atoms with Gasteiger partial charge in [-0.15, -0.1) is 12.4 Å². The zero-order valence-electron chi connectivity index (χ0n) is 14.7. The van der Waals surface area contributed by atoms with Crippen LogP contribution in [0.1, 0.15) is 56.9 Å². The minimum absolute atomic E-state index is 0. The molecule has 2 aliphatic rings. The number of benzene rings is 1. The highest BCUT2D eigenvalue weighted by Crippen LogP contribution is 2.36. The van der Waals surface area contributed by atoms with Crippen molar-refractivity contribution >= 4 is 18.3 Å². The molecule has 24 heavy (non-hydrogen) atoms. The number of hydrogen-bond acceptors (Lipinski definition) is 2. The molecule has 1 aliphatic heterocycles. The molecule has 2 fully saturated rings. The second-order valence-electron chi connectivity index (χ2n) is 7.74. The van der Waals surface area contributed by atoms with Crippen LogP contribution in [0.5, 0.6) is 0 Å². The largest absolute Gasteiger partial charge is 0.355 e. The van der Waals surface area contributed by atoms with Crippen LogP contribution in [-0.4, -0.2) is 25.5 Å². The van der Waals surface area contributed by atoms with E-state index in [0.29, 0.717) is 5.92 Å². The Kier molecular flexibility index (Phi) is 7.12. The van der Waals surface area contributed by atoms with Gasteiger partial charge in [0.15, 0.2) is 0 Å². The lowest BCUT2D eigenvalue weighted by molar-refractivity contribution is -0.126. The SMILES string of the molecule is CC1(CNC(=O)C2CCC(c3ccccc3)CC2)CCNCC1.Cl. The Morgan fingerprint density at radius 2 is 1.75 bits per heavy atom. The average Bonchev–Trinajstić information content (AvgIpc) is 2.61. The first-order valence-electron chi connectivity index (χ1n) is 9.20. The first kappa shape index (κ1) is 19.3. The summed E-state index contributed by atoms with van der Waals surface area (Å²) in [5.41, 5.74) is 1.72. The second kappa shape index (κ2) is 8.87. The molecule has 0 radical (unpaired) electrons. The number of amides is 1. The Balaban J connectivity index is 0.00000208. The average molecular weight is 351 g/mol. The summed E-state index contributed by atoms with van der Waals surface area (Å²) in [6, 6.07) is 10.8. The van der Waals surface area contributed by atoms with Crippen LogP contribution in [0.2, 0.25) is 0 Å². The second-order valence-corrected chi connectivity index (χ2v) is 7.74. The van der Waals surface area contributed by atoms with Crippen molar-refractivity contribution in [2.45, 2.75) is 51.4 Å². The molecule has 3 rings (SSSR count). The fourth-order valence-electron chi connectivity index (χ4n) is 4.07. The van der Waals surface area contributed by atoms with Crippen LogP contribution in [0.15, 0.2) is 30.3 Å². The highest BCUT2D eigenvalue weighted by Gasteiger charge is 2.30. The van der Waals surface area contributed by atoms with Gasteiger partial charge in [-0.3, -0.25) is 4.79 Å². The van der Waals surface area contributed by atoms with Gasteiger partial charge >= 0.3 is 0 Å². The third-order valence-corrected chi connectivity index (χ3v) is 5.87. The summed E-state index contributed by atoms with van der Waals surface area (Å²) in [5, 5.41) is 6.65. The smallest absolute Gasteiger partial charge is 0.223 e. The summed E-state index contributed by atoms with van der Waals surface area (Å²) in [6.07, 6.45) is 6.67. The van der Waals surface area contributed by atoms with Gasteiger partial charge in [-0.25, -0.2) is 0 Å². The molecule has 1 aromatic carbocycles. The van der Waals surface area contributed by atoms with E-state index in [9.17, 15) is 4.79 Å². The monoisotopic (exact) mass is 350 g/mol. The van der Waals surface area contributed by atoms with E-state index in [1.807, 2.05) is 0 Å². The van der Waals surface area contributed by atoms with Crippen molar-refractivity contribution in [3.8, 4) is 0 Å². The summed E-state index contributed by atoms with van der Waals surface area (Å²) in [7, 11) is 0. The van der Waals surface area contributed by atoms with Crippen LogP contribution in [-0.2, 0) is 4.79 Å². The molecule has 0 unspecified atom stereocenters. The molecule has 1 heterocycles. The fourth-order valence-corrected chi connectivity index (χ4v) is 4.07. The highest BCUT2D eigenvalue weighted by molar-refractivity contribution is 5.85. The molecule has 4 heteroatoms. The molecule has 1 saturated carbocycles. The van der Waals surface area contributed by atoms with E-state index in [1.54, 1.807) is 0 Å². The lowest BCUT2D eigenvalue weighted by Crippen LogP contribution is -2.44. The molecule has 0 spiro atoms. The molecule has 0 bridgehead atoms. The van der Waals surface area contributed by atoms with Gasteiger partial charge in [-0.1, -0.05) is 37.3 Å². The molecule has 1 aliphatic carbocycles. The van der Waals surface area contributed by atoms with Gasteiger partial charge in [-0.05, 0) is 68.5 Å². The molecular weight excluding hydrogens is 320 g/mol. The molecule has 1 aromatic rings. The number of carbonyl (C=O) groups excluding carboxylic acids is 1. The van der Waals surface area contributed by atoms with Gasteiger partial charge in [0, 0.05) is 12.5 Å². The van der Waals surface area contributed by atoms with Gasteiger partial charge in [0.2, 0.25) is 5.91 Å². The van der Waals surface area contributed by atoms with E-state index >= 15 is 0 Å². The maximum absolute atomic E-state index is 12.5. The zero-order chi connectivity index (χ0) is 16.1. The zero-order valence-corrected chi connectivity index (χ0v) is 15.5. The Hall–Kier alpha value is -1.06. The number of piperidine rings is 1. The maximum Gasteiger partial charge on any atom is 0.223 e. The van der Waals surface area contributed by atoms with Crippen LogP contribution >= 0.6 is 12.4 Å². The molecular formula is C20H31ClN2O. The van der Waals surface area contributed by atoms with E-state index in [1.165, 1.54) is 5.56 Å². The molecule has 0 atom stereocenters. The maximum atomic E-state index is 12.5. The third kappa shape index (κ3) is 4.97. The van der Waals surface area contributed by atoms with E-state index < -0.39 is 0 Å². The summed E-state index contributed by atoms with van der Waals surface area (Å²) in [4.78, 5) is 12.5. The van der Waals surface area contributed by atoms with E-state index in [-0.39, 0.29) is 29.6 Å². The minimum atomic E-state index is 0. The van der Waals surface area contributed by atoms with Crippen LogP contribution < -0.4 is 10.6 Å². The van der Waals surface area contributed by atoms with Crippen molar-refractivity contribution in [3.05, 3.63) is 35.9 Å². The van der Waals surface area contributed by atoms with Crippen molar-refractivity contribution in [1.29, 1.82) is 0 Å². The van der Waals surface area contributed by atoms with E-state index in [0.717, 1.165) is 58.2 Å². The summed E-state index contributed by atoms with van der Waals surface area (Å²) >= 11 is 0. The van der Waals surface area contributed by atoms with Crippen molar-refractivity contribution in [3.63, 3.8) is 0 Å². The standard InChI is InChI=1S/C20H30N2O.ClH/c1-20(11-13-21-14-12-20)15-22-19(23)18-9-7-17(8-10-18)16-5-3-2-4-6-16;/h2-6,17-18,21H,7-15H2,1H3,(H,22,23);1H. The van der Waals surface area contributed by atoms with Gasteiger partial charge in [0.25, 0.3) is 0 Å². The fraction of sp³-hybridized carbons (Fsp3) is 0.650. The molecule has 3 nitrogen and oxygen atoms in total. The van der Waals surface area contributed by atoms with Crippen molar-refractivity contribution in [2.75, 3.05) is 19.6 Å². The number of nitrogens with one attached hydrogen (secondary N) is 2. The third-order valence-electron chi connectivity index (χ3n) is 5.87. The van der Waals surface area contributed by atoms with E-state index in [4.69, 9.17) is 0 Å². The van der Waals surface area contributed by atoms with Gasteiger partial charge in [0.1, 0.15) is 0 Å². The van der Waals surface area contributed by atoms with Crippen LogP contribution in [0.25, 0.3) is 0 Å². The summed E-state index contributed by atoms with van der Waals surface area (Å²) in [6.45, 7) is 5.30. The number of carbonyl (C=O) groups is 1. The number of hydrogen-bond donors (Lipinski definition) is 2. The van der Waals surface area contributed by atoms with Gasteiger partial charge < -0.3 is 10.6 Å². The predicted molar refractivity (Wildman–Crippen MR) is 102 cm³/mol. The molecule has 134 valence electrons. The van der Waals surface area contributed by atoms with E-state index in [2.05, 4.69) is 47.9 Å². The minimum Gasteiger partial charge on any atom is -0.355 e. The van der Waals surface area contributed by atoms with Crippen molar-refractivity contribution in [2.24, 2.45) is 11.3 Å². The Labute approximate surface area is 152 Å². The molecule has 0 aromatic heterocycles.